The minimum atomic E-state index is -4.17. The number of halogens is 3. The molecule has 5 heteroatoms. The first-order chi connectivity index (χ1) is 4.95. The molecule has 0 aromatic carbocycles. The highest BCUT2D eigenvalue weighted by Gasteiger charge is 2.27. The molecule has 0 aliphatic heterocycles. The van der Waals surface area contributed by atoms with E-state index in [1.165, 1.54) is 0 Å². The van der Waals surface area contributed by atoms with Gasteiger partial charge >= 0.3 is 6.18 Å². The van der Waals surface area contributed by atoms with Gasteiger partial charge < -0.3 is 10.8 Å². The molecule has 0 aliphatic carbocycles. The summed E-state index contributed by atoms with van der Waals surface area (Å²) < 4.78 is 34.5. The van der Waals surface area contributed by atoms with Crippen molar-refractivity contribution in [3.8, 4) is 0 Å². The van der Waals surface area contributed by atoms with Crippen molar-refractivity contribution >= 4 is 0 Å². The van der Waals surface area contributed by atoms with Gasteiger partial charge in [0, 0.05) is 6.42 Å². The topological polar surface area (TPSA) is 46.2 Å². The molecule has 0 aromatic rings. The Kier molecular flexibility index (Phi) is 4.44. The molecule has 0 saturated carbocycles. The van der Waals surface area contributed by atoms with Gasteiger partial charge in [-0.25, -0.2) is 0 Å². The van der Waals surface area contributed by atoms with Gasteiger partial charge in [-0.1, -0.05) is 0 Å². The number of nitrogens with two attached hydrogens (primary N) is 1. The molecule has 0 fully saturated rings. The van der Waals surface area contributed by atoms with E-state index >= 15 is 0 Å². The van der Waals surface area contributed by atoms with Crippen LogP contribution in [0.3, 0.4) is 0 Å². The summed E-state index contributed by atoms with van der Waals surface area (Å²) in [4.78, 5) is 0. The first-order valence-corrected chi connectivity index (χ1v) is 3.40. The van der Waals surface area contributed by atoms with E-state index in [2.05, 4.69) is 0 Å². The average Bonchev–Trinajstić information content (AvgIpc) is 1.83. The van der Waals surface area contributed by atoms with Gasteiger partial charge in [-0.3, -0.25) is 0 Å². The lowest BCUT2D eigenvalue weighted by atomic mass is 10.1. The van der Waals surface area contributed by atoms with Crippen molar-refractivity contribution in [1.82, 2.24) is 0 Å². The molecular weight excluding hydrogens is 159 g/mol. The Morgan fingerprint density at radius 3 is 2.18 bits per heavy atom. The molecule has 0 radical (unpaired) electrons. The predicted molar refractivity (Wildman–Crippen MR) is 35.0 cm³/mol. The summed E-state index contributed by atoms with van der Waals surface area (Å²) in [5.74, 6) is 0. The van der Waals surface area contributed by atoms with Crippen LogP contribution in [0.25, 0.3) is 0 Å². The fourth-order valence-electron chi connectivity index (χ4n) is 0.667. The fraction of sp³-hybridized carbons (Fsp3) is 1.00. The van der Waals surface area contributed by atoms with E-state index in [1.807, 2.05) is 0 Å². The Labute approximate surface area is 63.2 Å². The Morgan fingerprint density at radius 2 is 1.82 bits per heavy atom. The Bertz CT molecular complexity index is 104. The molecule has 0 saturated heterocycles. The molecule has 0 aliphatic rings. The van der Waals surface area contributed by atoms with Gasteiger partial charge in [0.15, 0.2) is 0 Å². The van der Waals surface area contributed by atoms with Crippen LogP contribution in [0.1, 0.15) is 19.3 Å². The van der Waals surface area contributed by atoms with E-state index in [9.17, 15) is 13.2 Å². The van der Waals surface area contributed by atoms with Gasteiger partial charge in [0.25, 0.3) is 0 Å². The van der Waals surface area contributed by atoms with Crippen LogP contribution in [-0.2, 0) is 0 Å². The van der Waals surface area contributed by atoms with Crippen LogP contribution < -0.4 is 5.73 Å². The number of rotatable bonds is 4. The molecule has 0 bridgehead atoms. The quantitative estimate of drug-likeness (QED) is 0.663. The molecule has 2 nitrogen and oxygen atoms in total. The zero-order valence-corrected chi connectivity index (χ0v) is 6.06. The van der Waals surface area contributed by atoms with Gasteiger partial charge in [-0.15, -0.1) is 0 Å². The number of aliphatic hydroxyl groups is 1. The first kappa shape index (κ1) is 10.7. The van der Waals surface area contributed by atoms with Crippen molar-refractivity contribution in [3.63, 3.8) is 0 Å². The highest BCUT2D eigenvalue weighted by Crippen LogP contribution is 2.22. The average molecular weight is 171 g/mol. The molecule has 0 aromatic heterocycles. The lowest BCUT2D eigenvalue weighted by Crippen LogP contribution is -2.17. The third kappa shape index (κ3) is 7.61. The van der Waals surface area contributed by atoms with Crippen LogP contribution in [0.2, 0.25) is 0 Å². The summed E-state index contributed by atoms with van der Waals surface area (Å²) in [6.07, 6.45) is -6.04. The summed E-state index contributed by atoms with van der Waals surface area (Å²) in [5, 5.41) is 8.83. The number of alkyl halides is 3. The van der Waals surface area contributed by atoms with Gasteiger partial charge in [0.2, 0.25) is 0 Å². The van der Waals surface area contributed by atoms with Gasteiger partial charge in [0.05, 0.1) is 6.10 Å². The lowest BCUT2D eigenvalue weighted by Gasteiger charge is -2.10. The summed E-state index contributed by atoms with van der Waals surface area (Å²) >= 11 is 0. The monoisotopic (exact) mass is 171 g/mol. The van der Waals surface area contributed by atoms with Crippen molar-refractivity contribution in [1.29, 1.82) is 0 Å². The third-order valence-electron chi connectivity index (χ3n) is 1.26. The molecule has 68 valence electrons. The van der Waals surface area contributed by atoms with E-state index in [0.717, 1.165) is 0 Å². The summed E-state index contributed by atoms with van der Waals surface area (Å²) in [5.41, 5.74) is 5.03. The van der Waals surface area contributed by atoms with E-state index in [0.29, 0.717) is 0 Å². The minimum absolute atomic E-state index is 0.221. The molecule has 1 unspecified atom stereocenters. The molecule has 3 N–H and O–H groups in total. The minimum Gasteiger partial charge on any atom is -0.393 e. The van der Waals surface area contributed by atoms with Crippen molar-refractivity contribution in [2.75, 3.05) is 6.54 Å². The molecular formula is C6H12F3NO. The molecule has 0 amide bonds. The highest BCUT2D eigenvalue weighted by molar-refractivity contribution is 4.59. The Balaban J connectivity index is 3.38. The van der Waals surface area contributed by atoms with Crippen LogP contribution in [0.5, 0.6) is 0 Å². The van der Waals surface area contributed by atoms with Crippen molar-refractivity contribution < 1.29 is 18.3 Å². The second kappa shape index (κ2) is 4.56. The maximum atomic E-state index is 11.5. The predicted octanol–water partition coefficient (Wildman–Crippen LogP) is 1.04. The maximum Gasteiger partial charge on any atom is 0.389 e. The smallest absolute Gasteiger partial charge is 0.389 e. The molecule has 0 spiro atoms. The summed E-state index contributed by atoms with van der Waals surface area (Å²) in [6.45, 7) is 0.221. The zero-order chi connectivity index (χ0) is 8.91. The van der Waals surface area contributed by atoms with Crippen LogP contribution in [0.4, 0.5) is 13.2 Å². The molecule has 11 heavy (non-hydrogen) atoms. The number of hydrogen-bond acceptors (Lipinski definition) is 2. The lowest BCUT2D eigenvalue weighted by molar-refractivity contribution is -0.140. The molecule has 0 heterocycles. The second-order valence-corrected chi connectivity index (χ2v) is 2.39. The van der Waals surface area contributed by atoms with Crippen LogP contribution in [0, 0.1) is 0 Å². The number of aliphatic hydroxyl groups excluding tert-OH is 1. The van der Waals surface area contributed by atoms with Crippen LogP contribution in [0.15, 0.2) is 0 Å². The normalized spacial score (nSPS) is 15.0. The number of hydrogen-bond donors (Lipinski definition) is 2. The van der Waals surface area contributed by atoms with Gasteiger partial charge in [-0.05, 0) is 19.4 Å². The third-order valence-corrected chi connectivity index (χ3v) is 1.26. The first-order valence-electron chi connectivity index (χ1n) is 3.40. The van der Waals surface area contributed by atoms with Gasteiger partial charge in [0.1, 0.15) is 0 Å². The van der Waals surface area contributed by atoms with Gasteiger partial charge in [-0.2, -0.15) is 13.2 Å². The zero-order valence-electron chi connectivity index (χ0n) is 6.06. The molecule has 0 rings (SSSR count). The van der Waals surface area contributed by atoms with Crippen molar-refractivity contribution in [2.24, 2.45) is 5.73 Å². The summed E-state index contributed by atoms with van der Waals surface area (Å²) in [7, 11) is 0. The Hall–Kier alpha value is -0.290. The van der Waals surface area contributed by atoms with E-state index in [4.69, 9.17) is 10.8 Å². The molecule has 1 atom stereocenters. The van der Waals surface area contributed by atoms with E-state index in [1.54, 1.807) is 0 Å². The summed E-state index contributed by atoms with van der Waals surface area (Å²) in [6, 6.07) is 0. The van der Waals surface area contributed by atoms with Crippen molar-refractivity contribution in [2.45, 2.75) is 31.5 Å². The SMILES string of the molecule is NCCC(O)CCC(F)(F)F. The second-order valence-electron chi connectivity index (χ2n) is 2.39. The fourth-order valence-corrected chi connectivity index (χ4v) is 0.667. The maximum absolute atomic E-state index is 11.5. The van der Waals surface area contributed by atoms with Crippen LogP contribution in [-0.4, -0.2) is 23.9 Å². The standard InChI is InChI=1S/C6H12F3NO/c7-6(8,9)3-1-5(11)2-4-10/h5,11H,1-4,10H2. The van der Waals surface area contributed by atoms with E-state index in [-0.39, 0.29) is 19.4 Å². The highest BCUT2D eigenvalue weighted by atomic mass is 19.4. The van der Waals surface area contributed by atoms with Crippen LogP contribution >= 0.6 is 0 Å². The van der Waals surface area contributed by atoms with Crippen molar-refractivity contribution in [3.05, 3.63) is 0 Å². The largest absolute Gasteiger partial charge is 0.393 e. The Morgan fingerprint density at radius 1 is 1.27 bits per heavy atom. The van der Waals surface area contributed by atoms with E-state index < -0.39 is 18.7 Å².